The molecule has 1 heterocycles. The van der Waals surface area contributed by atoms with Gasteiger partial charge < -0.3 is 33.1 Å². The largest absolute Gasteiger partial charge is 1.00 e. The molecule has 1 saturated heterocycles. The van der Waals surface area contributed by atoms with Crippen LogP contribution in [0.4, 0.5) is 0 Å². The van der Waals surface area contributed by atoms with Crippen molar-refractivity contribution in [2.24, 2.45) is 11.8 Å². The van der Waals surface area contributed by atoms with Crippen molar-refractivity contribution >= 4 is 0 Å². The van der Waals surface area contributed by atoms with Gasteiger partial charge in [-0.1, -0.05) is 27.7 Å². The number of hydrogen-bond donors (Lipinski definition) is 2. The topological polar surface area (TPSA) is 75.2 Å². The molecule has 1 aliphatic heterocycles. The number of halogens is 1. The minimum absolute atomic E-state index is 0. The highest BCUT2D eigenvalue weighted by atomic mass is 35.5. The summed E-state index contributed by atoms with van der Waals surface area (Å²) in [4.78, 5) is 0. The van der Waals surface area contributed by atoms with Crippen molar-refractivity contribution in [3.8, 4) is 0 Å². The van der Waals surface area contributed by atoms with E-state index < -0.39 is 5.79 Å². The van der Waals surface area contributed by atoms with Gasteiger partial charge >= 0.3 is 0 Å². The number of aliphatic hydroxyl groups is 1. The molecule has 0 amide bonds. The number of rotatable bonds is 3. The first-order valence-electron chi connectivity index (χ1n) is 4.95. The Balaban J connectivity index is 0. The van der Waals surface area contributed by atoms with E-state index in [1.165, 1.54) is 0 Å². The lowest BCUT2D eigenvalue weighted by Gasteiger charge is -2.35. The van der Waals surface area contributed by atoms with Gasteiger partial charge in [0.25, 0.3) is 0 Å². The molecule has 5 heteroatoms. The highest BCUT2D eigenvalue weighted by molar-refractivity contribution is 4.84. The molecule has 5 N–H and O–H groups in total. The van der Waals surface area contributed by atoms with Gasteiger partial charge in [-0.2, -0.15) is 0 Å². The third-order valence-electron chi connectivity index (χ3n) is 2.66. The lowest BCUT2D eigenvalue weighted by Crippen LogP contribution is -3.00. The molecule has 0 spiro atoms. The molecule has 0 radical (unpaired) electrons. The molecule has 0 saturated carbocycles. The summed E-state index contributed by atoms with van der Waals surface area (Å²) in [5, 5.41) is 8.96. The molecule has 1 atom stereocenters. The fourth-order valence-corrected chi connectivity index (χ4v) is 1.91. The van der Waals surface area contributed by atoms with Crippen LogP contribution in [0.1, 0.15) is 27.7 Å². The summed E-state index contributed by atoms with van der Waals surface area (Å²) in [6, 6.07) is 0. The SMILES string of the molecule is CC(C)C1(C(C)C)OCC(CO)O1.[Cl-].[NH4+]. The molecule has 1 fully saturated rings. The van der Waals surface area contributed by atoms with E-state index in [0.717, 1.165) is 0 Å². The molecule has 1 rings (SSSR count). The smallest absolute Gasteiger partial charge is 0.173 e. The van der Waals surface area contributed by atoms with Gasteiger partial charge in [0.15, 0.2) is 5.79 Å². The van der Waals surface area contributed by atoms with E-state index in [-0.39, 0.29) is 31.3 Å². The second-order valence-electron chi connectivity index (χ2n) is 4.26. The standard InChI is InChI=1S/C10H20O3.ClH.H3N/c1-7(2)10(8(3)4)12-6-9(5-11)13-10;;/h7-9,11H,5-6H2,1-4H3;1H;1H3. The molecule has 1 aliphatic rings. The first-order valence-corrected chi connectivity index (χ1v) is 4.95. The average molecular weight is 242 g/mol. The Morgan fingerprint density at radius 3 is 1.93 bits per heavy atom. The minimum Gasteiger partial charge on any atom is -1.00 e. The summed E-state index contributed by atoms with van der Waals surface area (Å²) in [6.45, 7) is 8.88. The monoisotopic (exact) mass is 241 g/mol. The van der Waals surface area contributed by atoms with E-state index in [2.05, 4.69) is 27.7 Å². The van der Waals surface area contributed by atoms with Crippen molar-refractivity contribution in [3.63, 3.8) is 0 Å². The Bertz CT molecular complexity index is 168. The Morgan fingerprint density at radius 1 is 1.27 bits per heavy atom. The van der Waals surface area contributed by atoms with Crippen molar-refractivity contribution in [2.45, 2.75) is 39.6 Å². The van der Waals surface area contributed by atoms with Crippen LogP contribution in [0, 0.1) is 11.8 Å². The van der Waals surface area contributed by atoms with Crippen molar-refractivity contribution in [3.05, 3.63) is 0 Å². The Kier molecular flexibility index (Phi) is 7.78. The third-order valence-corrected chi connectivity index (χ3v) is 2.66. The van der Waals surface area contributed by atoms with Gasteiger partial charge in [0, 0.05) is 11.8 Å². The molecule has 15 heavy (non-hydrogen) atoms. The predicted molar refractivity (Wildman–Crippen MR) is 56.3 cm³/mol. The normalized spacial score (nSPS) is 23.8. The van der Waals surface area contributed by atoms with Gasteiger partial charge in [0.1, 0.15) is 6.10 Å². The second-order valence-corrected chi connectivity index (χ2v) is 4.26. The predicted octanol–water partition coefficient (Wildman–Crippen LogP) is -1.22. The zero-order valence-corrected chi connectivity index (χ0v) is 11.0. The van der Waals surface area contributed by atoms with E-state index in [1.807, 2.05) is 0 Å². The van der Waals surface area contributed by atoms with Crippen LogP contribution in [0.2, 0.25) is 0 Å². The molecule has 0 bridgehead atoms. The summed E-state index contributed by atoms with van der Waals surface area (Å²) in [6.07, 6.45) is -0.148. The molecule has 4 nitrogen and oxygen atoms in total. The molecular formula is C10H24ClNO3. The summed E-state index contributed by atoms with van der Waals surface area (Å²) >= 11 is 0. The lowest BCUT2D eigenvalue weighted by atomic mass is 9.91. The quantitative estimate of drug-likeness (QED) is 0.651. The molecule has 0 aromatic carbocycles. The summed E-state index contributed by atoms with van der Waals surface area (Å²) in [5.41, 5.74) is 0. The van der Waals surface area contributed by atoms with Gasteiger partial charge in [-0.15, -0.1) is 0 Å². The number of quaternary nitrogens is 1. The van der Waals surface area contributed by atoms with Gasteiger partial charge in [-0.3, -0.25) is 0 Å². The molecule has 0 aliphatic carbocycles. The summed E-state index contributed by atoms with van der Waals surface area (Å²) in [5.74, 6) is 0.126. The van der Waals surface area contributed by atoms with Crippen molar-refractivity contribution in [1.82, 2.24) is 6.15 Å². The second kappa shape index (κ2) is 6.66. The first-order chi connectivity index (χ1) is 6.03. The lowest BCUT2D eigenvalue weighted by molar-refractivity contribution is -0.227. The Labute approximate surface area is 98.3 Å². The van der Waals surface area contributed by atoms with Crippen LogP contribution in [-0.2, 0) is 9.47 Å². The highest BCUT2D eigenvalue weighted by Gasteiger charge is 2.46. The van der Waals surface area contributed by atoms with E-state index in [4.69, 9.17) is 14.6 Å². The van der Waals surface area contributed by atoms with Gasteiger partial charge in [0.05, 0.1) is 13.2 Å². The molecule has 0 aromatic heterocycles. The zero-order chi connectivity index (χ0) is 10.1. The molecule has 94 valence electrons. The van der Waals surface area contributed by atoms with Crippen molar-refractivity contribution < 1.29 is 27.0 Å². The maximum atomic E-state index is 8.96. The van der Waals surface area contributed by atoms with Gasteiger partial charge in [0.2, 0.25) is 0 Å². The summed E-state index contributed by atoms with van der Waals surface area (Å²) < 4.78 is 11.4. The van der Waals surface area contributed by atoms with Crippen LogP contribution >= 0.6 is 0 Å². The van der Waals surface area contributed by atoms with E-state index in [0.29, 0.717) is 18.4 Å². The highest BCUT2D eigenvalue weighted by Crippen LogP contribution is 2.37. The number of hydrogen-bond acceptors (Lipinski definition) is 3. The maximum absolute atomic E-state index is 8.96. The molecule has 0 aromatic rings. The molecule has 1 unspecified atom stereocenters. The summed E-state index contributed by atoms with van der Waals surface area (Å²) in [7, 11) is 0. The van der Waals surface area contributed by atoms with Crippen molar-refractivity contribution in [1.29, 1.82) is 0 Å². The van der Waals surface area contributed by atoms with Crippen LogP contribution in [0.3, 0.4) is 0 Å². The van der Waals surface area contributed by atoms with Crippen LogP contribution in [-0.4, -0.2) is 30.2 Å². The van der Waals surface area contributed by atoms with Crippen molar-refractivity contribution in [2.75, 3.05) is 13.2 Å². The third kappa shape index (κ3) is 3.29. The average Bonchev–Trinajstić information content (AvgIpc) is 2.48. The van der Waals surface area contributed by atoms with E-state index in [9.17, 15) is 0 Å². The minimum atomic E-state index is -0.493. The Hall–Kier alpha value is 0.130. The van der Waals surface area contributed by atoms with Crippen LogP contribution in [0.25, 0.3) is 0 Å². The zero-order valence-electron chi connectivity index (χ0n) is 10.3. The fraction of sp³-hybridized carbons (Fsp3) is 1.00. The first kappa shape index (κ1) is 17.5. The van der Waals surface area contributed by atoms with Gasteiger partial charge in [-0.05, 0) is 0 Å². The molecular weight excluding hydrogens is 218 g/mol. The Morgan fingerprint density at radius 2 is 1.73 bits per heavy atom. The van der Waals surface area contributed by atoms with Crippen LogP contribution in [0.5, 0.6) is 0 Å². The van der Waals surface area contributed by atoms with Gasteiger partial charge in [-0.25, -0.2) is 0 Å². The van der Waals surface area contributed by atoms with E-state index >= 15 is 0 Å². The number of ether oxygens (including phenoxy) is 2. The fourth-order valence-electron chi connectivity index (χ4n) is 1.91. The van der Waals surface area contributed by atoms with Crippen LogP contribution < -0.4 is 18.6 Å². The number of aliphatic hydroxyl groups excluding tert-OH is 1. The van der Waals surface area contributed by atoms with Crippen LogP contribution in [0.15, 0.2) is 0 Å². The maximum Gasteiger partial charge on any atom is 0.173 e. The van der Waals surface area contributed by atoms with E-state index in [1.54, 1.807) is 0 Å².